The fraction of sp³-hybridized carbons (Fsp3) is 0.381. The first kappa shape index (κ1) is 24.0. The van der Waals surface area contributed by atoms with E-state index in [1.165, 1.54) is 5.56 Å². The van der Waals surface area contributed by atoms with Crippen molar-refractivity contribution in [2.75, 3.05) is 52.8 Å². The smallest absolute Gasteiger partial charge is 0.193 e. The van der Waals surface area contributed by atoms with Gasteiger partial charge in [0.15, 0.2) is 5.96 Å². The molecule has 0 amide bonds. The number of likely N-dealkylation sites (N-methyl/N-ethyl adjacent to an activating group) is 1. The third-order valence-electron chi connectivity index (χ3n) is 4.05. The van der Waals surface area contributed by atoms with Crippen LogP contribution in [0.5, 0.6) is 5.75 Å². The van der Waals surface area contributed by atoms with E-state index in [2.05, 4.69) is 44.8 Å². The van der Waals surface area contributed by atoms with Crippen LogP contribution in [0.3, 0.4) is 0 Å². The first-order valence-electron chi connectivity index (χ1n) is 9.14. The van der Waals surface area contributed by atoms with E-state index in [0.29, 0.717) is 13.2 Å². The number of nitrogens with one attached hydrogen (secondary N) is 2. The molecule has 7 heteroatoms. The van der Waals surface area contributed by atoms with Gasteiger partial charge in [-0.15, -0.1) is 24.0 Å². The third-order valence-corrected chi connectivity index (χ3v) is 4.05. The number of aliphatic imine (C=N–C) groups is 1. The summed E-state index contributed by atoms with van der Waals surface area (Å²) in [5.74, 6) is 1.72. The van der Waals surface area contributed by atoms with Crippen LogP contribution >= 0.6 is 24.0 Å². The van der Waals surface area contributed by atoms with Crippen molar-refractivity contribution < 1.29 is 9.47 Å². The fourth-order valence-electron chi connectivity index (χ4n) is 2.53. The number of ether oxygens (including phenoxy) is 2. The highest BCUT2D eigenvalue weighted by molar-refractivity contribution is 14.0. The summed E-state index contributed by atoms with van der Waals surface area (Å²) in [7, 11) is 5.50. The van der Waals surface area contributed by atoms with Gasteiger partial charge in [-0.05, 0) is 29.8 Å². The molecular formula is C21H31IN4O2. The minimum atomic E-state index is 0. The lowest BCUT2D eigenvalue weighted by Crippen LogP contribution is -2.40. The third kappa shape index (κ3) is 8.79. The van der Waals surface area contributed by atoms with Gasteiger partial charge in [-0.1, -0.05) is 30.3 Å². The lowest BCUT2D eigenvalue weighted by atomic mass is 10.2. The number of guanidine groups is 1. The number of para-hydroxylation sites is 1. The molecule has 0 fully saturated rings. The maximum atomic E-state index is 5.75. The van der Waals surface area contributed by atoms with E-state index >= 15 is 0 Å². The highest BCUT2D eigenvalue weighted by Crippen LogP contribution is 2.10. The molecule has 0 saturated carbocycles. The van der Waals surface area contributed by atoms with Gasteiger partial charge in [0, 0.05) is 40.0 Å². The number of hydrogen-bond donors (Lipinski definition) is 2. The molecule has 28 heavy (non-hydrogen) atoms. The van der Waals surface area contributed by atoms with E-state index in [1.54, 1.807) is 14.2 Å². The van der Waals surface area contributed by atoms with Crippen LogP contribution in [0.4, 0.5) is 5.69 Å². The molecule has 0 unspecified atom stereocenters. The normalized spacial score (nSPS) is 10.8. The molecule has 0 aliphatic carbocycles. The Morgan fingerprint density at radius 2 is 1.75 bits per heavy atom. The molecule has 0 aliphatic rings. The number of methoxy groups -OCH3 is 1. The highest BCUT2D eigenvalue weighted by atomic mass is 127. The summed E-state index contributed by atoms with van der Waals surface area (Å²) < 4.78 is 10.8. The van der Waals surface area contributed by atoms with Crippen LogP contribution in [0.15, 0.2) is 59.6 Å². The Kier molecular flexibility index (Phi) is 12.1. The summed E-state index contributed by atoms with van der Waals surface area (Å²) in [5.41, 5.74) is 2.29. The van der Waals surface area contributed by atoms with Gasteiger partial charge in [0.2, 0.25) is 0 Å². The molecule has 2 rings (SSSR count). The molecule has 2 aromatic rings. The van der Waals surface area contributed by atoms with E-state index in [0.717, 1.165) is 37.0 Å². The predicted octanol–water partition coefficient (Wildman–Crippen LogP) is 3.45. The highest BCUT2D eigenvalue weighted by Gasteiger charge is 2.06. The van der Waals surface area contributed by atoms with Gasteiger partial charge < -0.3 is 25.0 Å². The largest absolute Gasteiger partial charge is 0.492 e. The maximum Gasteiger partial charge on any atom is 0.193 e. The van der Waals surface area contributed by atoms with Crippen molar-refractivity contribution in [3.63, 3.8) is 0 Å². The summed E-state index contributed by atoms with van der Waals surface area (Å²) in [6, 6.07) is 18.2. The molecule has 6 nitrogen and oxygen atoms in total. The van der Waals surface area contributed by atoms with Gasteiger partial charge >= 0.3 is 0 Å². The van der Waals surface area contributed by atoms with Crippen LogP contribution in [-0.4, -0.2) is 58.4 Å². The van der Waals surface area contributed by atoms with Crippen LogP contribution in [0.1, 0.15) is 5.56 Å². The molecule has 0 saturated heterocycles. The van der Waals surface area contributed by atoms with Crippen LogP contribution in [0, 0.1) is 0 Å². The standard InChI is InChI=1S/C21H30N4O2.HI/c1-22-21(25(2)14-16-27-20-7-5-4-6-8-20)24-17-18-9-11-19(12-10-18)23-13-15-26-3;/h4-12,23H,13-17H2,1-3H3,(H,22,24);1H. The maximum absolute atomic E-state index is 5.75. The van der Waals surface area contributed by atoms with Crippen LogP contribution in [0.2, 0.25) is 0 Å². The van der Waals surface area contributed by atoms with Crippen molar-refractivity contribution >= 4 is 35.6 Å². The topological polar surface area (TPSA) is 58.1 Å². The first-order chi connectivity index (χ1) is 13.2. The zero-order chi connectivity index (χ0) is 19.3. The second-order valence-electron chi connectivity index (χ2n) is 6.10. The van der Waals surface area contributed by atoms with Crippen molar-refractivity contribution in [1.82, 2.24) is 10.2 Å². The number of benzene rings is 2. The van der Waals surface area contributed by atoms with E-state index in [1.807, 2.05) is 37.4 Å². The molecule has 0 bridgehead atoms. The zero-order valence-electron chi connectivity index (χ0n) is 16.9. The molecule has 0 heterocycles. The van der Waals surface area contributed by atoms with Crippen molar-refractivity contribution in [1.29, 1.82) is 0 Å². The molecular weight excluding hydrogens is 467 g/mol. The minimum Gasteiger partial charge on any atom is -0.492 e. The predicted molar refractivity (Wildman–Crippen MR) is 127 cm³/mol. The van der Waals surface area contributed by atoms with Gasteiger partial charge in [-0.2, -0.15) is 0 Å². The Morgan fingerprint density at radius 3 is 2.39 bits per heavy atom. The van der Waals surface area contributed by atoms with Crippen molar-refractivity contribution in [3.8, 4) is 5.75 Å². The van der Waals surface area contributed by atoms with E-state index in [4.69, 9.17) is 9.47 Å². The van der Waals surface area contributed by atoms with Gasteiger partial charge in [-0.3, -0.25) is 4.99 Å². The molecule has 0 aliphatic heterocycles. The number of rotatable bonds is 10. The number of halogens is 1. The second kappa shape index (κ2) is 14.1. The van der Waals surface area contributed by atoms with Crippen molar-refractivity contribution in [2.24, 2.45) is 4.99 Å². The number of anilines is 1. The quantitative estimate of drug-likeness (QED) is 0.228. The van der Waals surface area contributed by atoms with Gasteiger partial charge in [0.25, 0.3) is 0 Å². The molecule has 0 atom stereocenters. The summed E-state index contributed by atoms with van der Waals surface area (Å²) >= 11 is 0. The Balaban J connectivity index is 0.00000392. The Hall–Kier alpha value is -2.00. The lowest BCUT2D eigenvalue weighted by molar-refractivity contribution is 0.211. The summed E-state index contributed by atoms with van der Waals surface area (Å²) in [4.78, 5) is 6.40. The zero-order valence-corrected chi connectivity index (χ0v) is 19.2. The molecule has 154 valence electrons. The summed E-state index contributed by atoms with van der Waals surface area (Å²) in [6.45, 7) is 3.56. The minimum absolute atomic E-state index is 0. The Morgan fingerprint density at radius 1 is 1.04 bits per heavy atom. The molecule has 0 spiro atoms. The van der Waals surface area contributed by atoms with Crippen molar-refractivity contribution in [2.45, 2.75) is 6.54 Å². The van der Waals surface area contributed by atoms with E-state index in [9.17, 15) is 0 Å². The van der Waals surface area contributed by atoms with Gasteiger partial charge in [0.05, 0.1) is 13.2 Å². The van der Waals surface area contributed by atoms with Gasteiger partial charge in [0.1, 0.15) is 12.4 Å². The van der Waals surface area contributed by atoms with Crippen LogP contribution < -0.4 is 15.4 Å². The first-order valence-corrected chi connectivity index (χ1v) is 9.14. The van der Waals surface area contributed by atoms with Crippen LogP contribution in [-0.2, 0) is 11.3 Å². The monoisotopic (exact) mass is 498 g/mol. The van der Waals surface area contributed by atoms with E-state index < -0.39 is 0 Å². The van der Waals surface area contributed by atoms with Gasteiger partial charge in [-0.25, -0.2) is 0 Å². The fourth-order valence-corrected chi connectivity index (χ4v) is 2.53. The molecule has 0 radical (unpaired) electrons. The molecule has 2 N–H and O–H groups in total. The Labute approximate surface area is 185 Å². The SMILES string of the molecule is CN=C(NCc1ccc(NCCOC)cc1)N(C)CCOc1ccccc1.I. The number of hydrogen-bond acceptors (Lipinski definition) is 4. The molecule has 2 aromatic carbocycles. The average molecular weight is 498 g/mol. The lowest BCUT2D eigenvalue weighted by Gasteiger charge is -2.22. The van der Waals surface area contributed by atoms with E-state index in [-0.39, 0.29) is 24.0 Å². The van der Waals surface area contributed by atoms with Crippen LogP contribution in [0.25, 0.3) is 0 Å². The summed E-state index contributed by atoms with van der Waals surface area (Å²) in [5, 5.41) is 6.70. The van der Waals surface area contributed by atoms with Crippen molar-refractivity contribution in [3.05, 3.63) is 60.2 Å². The number of nitrogens with zero attached hydrogens (tertiary/aromatic N) is 2. The average Bonchev–Trinajstić information content (AvgIpc) is 2.70. The second-order valence-corrected chi connectivity index (χ2v) is 6.10. The Bertz CT molecular complexity index is 681. The molecule has 0 aromatic heterocycles. The summed E-state index contributed by atoms with van der Waals surface area (Å²) in [6.07, 6.45) is 0.